The fourth-order valence-electron chi connectivity index (χ4n) is 3.42. The van der Waals surface area contributed by atoms with Gasteiger partial charge in [0.25, 0.3) is 11.7 Å². The molecule has 1 amide bonds. The molecule has 1 saturated heterocycles. The van der Waals surface area contributed by atoms with E-state index in [0.29, 0.717) is 22.6 Å². The van der Waals surface area contributed by atoms with Gasteiger partial charge in [-0.2, -0.15) is 0 Å². The summed E-state index contributed by atoms with van der Waals surface area (Å²) in [5.74, 6) is -0.678. The van der Waals surface area contributed by atoms with Crippen molar-refractivity contribution in [3.8, 4) is 5.75 Å². The summed E-state index contributed by atoms with van der Waals surface area (Å²) in [6, 6.07) is 12.8. The second-order valence-electron chi connectivity index (χ2n) is 6.52. The van der Waals surface area contributed by atoms with Crippen LogP contribution < -0.4 is 4.74 Å². The first-order chi connectivity index (χ1) is 14.1. The molecule has 3 aromatic rings. The summed E-state index contributed by atoms with van der Waals surface area (Å²) >= 11 is 0. The average molecular weight is 390 g/mol. The maximum Gasteiger partial charge on any atom is 0.296 e. The van der Waals surface area contributed by atoms with Crippen LogP contribution in [0.2, 0.25) is 0 Å². The van der Waals surface area contributed by atoms with Crippen molar-refractivity contribution in [1.82, 2.24) is 9.88 Å². The summed E-state index contributed by atoms with van der Waals surface area (Å²) in [4.78, 5) is 31.2. The topological polar surface area (TPSA) is 92.9 Å². The van der Waals surface area contributed by atoms with Crippen molar-refractivity contribution >= 4 is 17.4 Å². The molecule has 1 atom stereocenters. The van der Waals surface area contributed by atoms with Gasteiger partial charge in [-0.25, -0.2) is 0 Å². The zero-order valence-electron chi connectivity index (χ0n) is 15.6. The zero-order valence-corrected chi connectivity index (χ0v) is 15.6. The molecule has 0 aliphatic carbocycles. The summed E-state index contributed by atoms with van der Waals surface area (Å²) in [5, 5.41) is 11.0. The van der Waals surface area contributed by atoms with Crippen LogP contribution >= 0.6 is 0 Å². The Morgan fingerprint density at radius 3 is 2.76 bits per heavy atom. The lowest BCUT2D eigenvalue weighted by Crippen LogP contribution is -2.29. The molecule has 1 aliphatic heterocycles. The number of nitrogens with zero attached hydrogens (tertiary/aromatic N) is 2. The number of aliphatic hydroxyl groups excluding tert-OH is 1. The first kappa shape index (κ1) is 18.5. The van der Waals surface area contributed by atoms with Gasteiger partial charge in [0, 0.05) is 18.0 Å². The van der Waals surface area contributed by atoms with Crippen LogP contribution in [-0.4, -0.2) is 33.8 Å². The Kier molecular flexibility index (Phi) is 4.87. The lowest BCUT2D eigenvalue weighted by molar-refractivity contribution is -0.140. The van der Waals surface area contributed by atoms with Gasteiger partial charge in [0.1, 0.15) is 17.3 Å². The molecule has 0 saturated carbocycles. The predicted octanol–water partition coefficient (Wildman–Crippen LogP) is 3.31. The van der Waals surface area contributed by atoms with Crippen molar-refractivity contribution in [2.75, 3.05) is 7.11 Å². The number of carbonyl (C=O) groups is 2. The van der Waals surface area contributed by atoms with E-state index in [4.69, 9.17) is 9.15 Å². The molecule has 1 unspecified atom stereocenters. The number of aliphatic hydroxyl groups is 1. The van der Waals surface area contributed by atoms with E-state index in [0.717, 1.165) is 0 Å². The van der Waals surface area contributed by atoms with Gasteiger partial charge in [-0.05, 0) is 35.9 Å². The highest BCUT2D eigenvalue weighted by Crippen LogP contribution is 2.40. The third-order valence-corrected chi connectivity index (χ3v) is 4.79. The number of rotatable bonds is 5. The van der Waals surface area contributed by atoms with Crippen LogP contribution in [-0.2, 0) is 16.1 Å². The maximum atomic E-state index is 12.9. The van der Waals surface area contributed by atoms with Gasteiger partial charge in [0.2, 0.25) is 0 Å². The zero-order chi connectivity index (χ0) is 20.4. The Bertz CT molecular complexity index is 1070. The number of amides is 1. The number of ketones is 1. The molecule has 1 N–H and O–H groups in total. The summed E-state index contributed by atoms with van der Waals surface area (Å²) in [7, 11) is 1.51. The van der Waals surface area contributed by atoms with Crippen LogP contribution in [0.3, 0.4) is 0 Å². The smallest absolute Gasteiger partial charge is 0.296 e. The lowest BCUT2D eigenvalue weighted by Gasteiger charge is -2.24. The maximum absolute atomic E-state index is 12.9. The van der Waals surface area contributed by atoms with Crippen LogP contribution in [0.15, 0.2) is 77.2 Å². The van der Waals surface area contributed by atoms with Gasteiger partial charge in [0.05, 0.1) is 31.5 Å². The van der Waals surface area contributed by atoms with Crippen LogP contribution in [0.25, 0.3) is 5.76 Å². The minimum absolute atomic E-state index is 0.00260. The second-order valence-corrected chi connectivity index (χ2v) is 6.52. The van der Waals surface area contributed by atoms with Gasteiger partial charge in [-0.3, -0.25) is 14.6 Å². The molecule has 29 heavy (non-hydrogen) atoms. The van der Waals surface area contributed by atoms with Crippen molar-refractivity contribution < 1.29 is 23.8 Å². The Balaban J connectivity index is 1.86. The molecular formula is C22H18N2O5. The Morgan fingerprint density at radius 1 is 1.21 bits per heavy atom. The quantitative estimate of drug-likeness (QED) is 0.408. The standard InChI is InChI=1S/C22H18N2O5/c1-28-16-7-2-5-14(11-16)20(25)18-19(15-6-3-9-23-12-15)24(22(27)21(18)26)13-17-8-4-10-29-17/h2-12,19,25H,13H2,1H3/b20-18+. The fourth-order valence-corrected chi connectivity index (χ4v) is 3.42. The lowest BCUT2D eigenvalue weighted by atomic mass is 9.96. The number of furan rings is 1. The molecule has 3 heterocycles. The molecular weight excluding hydrogens is 372 g/mol. The van der Waals surface area contributed by atoms with E-state index in [2.05, 4.69) is 4.98 Å². The van der Waals surface area contributed by atoms with Crippen molar-refractivity contribution in [1.29, 1.82) is 0 Å². The third-order valence-electron chi connectivity index (χ3n) is 4.79. The molecule has 1 aliphatic rings. The van der Waals surface area contributed by atoms with E-state index in [9.17, 15) is 14.7 Å². The molecule has 146 valence electrons. The number of Topliss-reactive ketones (excluding diaryl/α,β-unsaturated/α-hetero) is 1. The molecule has 7 nitrogen and oxygen atoms in total. The molecule has 0 bridgehead atoms. The second kappa shape index (κ2) is 7.63. The van der Waals surface area contributed by atoms with Gasteiger partial charge < -0.3 is 19.2 Å². The Hall–Kier alpha value is -3.87. The van der Waals surface area contributed by atoms with Crippen molar-refractivity contribution in [2.24, 2.45) is 0 Å². The van der Waals surface area contributed by atoms with Crippen LogP contribution in [0, 0.1) is 0 Å². The first-order valence-corrected chi connectivity index (χ1v) is 8.95. The van der Waals surface area contributed by atoms with Crippen LogP contribution in [0.4, 0.5) is 0 Å². The summed E-state index contributed by atoms with van der Waals surface area (Å²) < 4.78 is 10.6. The number of pyridine rings is 1. The predicted molar refractivity (Wildman–Crippen MR) is 104 cm³/mol. The molecule has 1 fully saturated rings. The number of carbonyl (C=O) groups excluding carboxylic acids is 2. The van der Waals surface area contributed by atoms with Gasteiger partial charge in [-0.1, -0.05) is 18.2 Å². The first-order valence-electron chi connectivity index (χ1n) is 8.95. The molecule has 2 aromatic heterocycles. The van der Waals surface area contributed by atoms with E-state index in [1.54, 1.807) is 60.9 Å². The monoisotopic (exact) mass is 390 g/mol. The van der Waals surface area contributed by atoms with Crippen molar-refractivity contribution in [2.45, 2.75) is 12.6 Å². The number of methoxy groups -OCH3 is 1. The van der Waals surface area contributed by atoms with Crippen molar-refractivity contribution in [3.05, 3.63) is 89.6 Å². The largest absolute Gasteiger partial charge is 0.507 e. The highest BCUT2D eigenvalue weighted by molar-refractivity contribution is 6.46. The molecule has 0 spiro atoms. The summed E-state index contributed by atoms with van der Waals surface area (Å²) in [5.41, 5.74) is 1.000. The van der Waals surface area contributed by atoms with E-state index >= 15 is 0 Å². The number of likely N-dealkylation sites (tertiary alicyclic amines) is 1. The highest BCUT2D eigenvalue weighted by atomic mass is 16.5. The number of hydrogen-bond acceptors (Lipinski definition) is 6. The van der Waals surface area contributed by atoms with Crippen LogP contribution in [0.1, 0.15) is 22.9 Å². The Morgan fingerprint density at radius 2 is 2.07 bits per heavy atom. The van der Waals surface area contributed by atoms with Gasteiger partial charge in [-0.15, -0.1) is 0 Å². The van der Waals surface area contributed by atoms with Gasteiger partial charge in [0.15, 0.2) is 0 Å². The summed E-state index contributed by atoms with van der Waals surface area (Å²) in [6.07, 6.45) is 4.68. The normalized spacial score (nSPS) is 18.2. The number of hydrogen-bond donors (Lipinski definition) is 1. The SMILES string of the molecule is COc1cccc(/C(O)=C2\C(=O)C(=O)N(Cc3ccco3)C2c2cccnc2)c1. The average Bonchev–Trinajstić information content (AvgIpc) is 3.36. The minimum Gasteiger partial charge on any atom is -0.507 e. The van der Waals surface area contributed by atoms with Crippen molar-refractivity contribution in [3.63, 3.8) is 0 Å². The van der Waals surface area contributed by atoms with E-state index in [-0.39, 0.29) is 17.9 Å². The van der Waals surface area contributed by atoms with Gasteiger partial charge >= 0.3 is 0 Å². The number of aromatic nitrogens is 1. The van der Waals surface area contributed by atoms with E-state index in [1.165, 1.54) is 18.3 Å². The highest BCUT2D eigenvalue weighted by Gasteiger charge is 2.46. The summed E-state index contributed by atoms with van der Waals surface area (Å²) in [6.45, 7) is 0.0893. The fraction of sp³-hybridized carbons (Fsp3) is 0.136. The molecule has 7 heteroatoms. The van der Waals surface area contributed by atoms with E-state index in [1.807, 2.05) is 0 Å². The molecule has 0 radical (unpaired) electrons. The molecule has 4 rings (SSSR count). The number of ether oxygens (including phenoxy) is 1. The van der Waals surface area contributed by atoms with Crippen LogP contribution in [0.5, 0.6) is 5.75 Å². The Labute approximate surface area is 166 Å². The number of benzene rings is 1. The minimum atomic E-state index is -0.792. The van der Waals surface area contributed by atoms with E-state index < -0.39 is 17.7 Å². The molecule has 1 aromatic carbocycles. The third kappa shape index (κ3) is 3.38.